The summed E-state index contributed by atoms with van der Waals surface area (Å²) in [7, 11) is 0. The zero-order chi connectivity index (χ0) is 15.2. The number of nitrogens with one attached hydrogen (secondary N) is 1. The maximum atomic E-state index is 11.8. The van der Waals surface area contributed by atoms with Crippen LogP contribution in [0, 0.1) is 0 Å². The van der Waals surface area contributed by atoms with Crippen LogP contribution in [-0.2, 0) is 4.79 Å². The van der Waals surface area contributed by atoms with E-state index in [2.05, 4.69) is 5.32 Å². The van der Waals surface area contributed by atoms with Gasteiger partial charge >= 0.3 is 0 Å². The van der Waals surface area contributed by atoms with Crippen LogP contribution in [0.15, 0.2) is 42.5 Å². The molecule has 0 aromatic heterocycles. The molecule has 0 aliphatic rings. The highest BCUT2D eigenvalue weighted by Crippen LogP contribution is 2.25. The van der Waals surface area contributed by atoms with Gasteiger partial charge in [-0.1, -0.05) is 35.3 Å². The van der Waals surface area contributed by atoms with Gasteiger partial charge in [0.15, 0.2) is 0 Å². The molecule has 0 saturated carbocycles. The second-order valence-corrected chi connectivity index (χ2v) is 5.15. The van der Waals surface area contributed by atoms with Crippen molar-refractivity contribution in [3.8, 4) is 5.75 Å². The molecule has 0 fully saturated rings. The van der Waals surface area contributed by atoms with Crippen molar-refractivity contribution in [3.63, 3.8) is 0 Å². The zero-order valence-corrected chi connectivity index (χ0v) is 12.6. The van der Waals surface area contributed by atoms with Gasteiger partial charge in [-0.15, -0.1) is 0 Å². The van der Waals surface area contributed by atoms with E-state index in [0.717, 1.165) is 0 Å². The third-order valence-electron chi connectivity index (χ3n) is 2.71. The van der Waals surface area contributed by atoms with Gasteiger partial charge in [-0.3, -0.25) is 4.79 Å². The van der Waals surface area contributed by atoms with Crippen LogP contribution in [0.1, 0.15) is 6.42 Å². The van der Waals surface area contributed by atoms with Gasteiger partial charge in [0.1, 0.15) is 5.75 Å². The topological polar surface area (TPSA) is 64.3 Å². The fraction of sp³-hybridized carbons (Fsp3) is 0.133. The number of halogens is 2. The van der Waals surface area contributed by atoms with Crippen molar-refractivity contribution in [2.24, 2.45) is 0 Å². The lowest BCUT2D eigenvalue weighted by atomic mass is 10.3. The molecule has 2 rings (SSSR count). The Morgan fingerprint density at radius 2 is 1.95 bits per heavy atom. The third kappa shape index (κ3) is 4.55. The average Bonchev–Trinajstić information content (AvgIpc) is 2.44. The number of nitrogen functional groups attached to an aromatic ring is 1. The monoisotopic (exact) mass is 324 g/mol. The van der Waals surface area contributed by atoms with Crippen molar-refractivity contribution in [1.82, 2.24) is 0 Å². The number of amides is 1. The van der Waals surface area contributed by atoms with Crippen LogP contribution in [0.25, 0.3) is 0 Å². The number of rotatable bonds is 5. The van der Waals surface area contributed by atoms with E-state index in [9.17, 15) is 4.79 Å². The molecule has 0 aliphatic heterocycles. The van der Waals surface area contributed by atoms with Crippen molar-refractivity contribution in [1.29, 1.82) is 0 Å². The molecule has 0 unspecified atom stereocenters. The molecule has 110 valence electrons. The quantitative estimate of drug-likeness (QED) is 0.817. The lowest BCUT2D eigenvalue weighted by Crippen LogP contribution is -2.15. The predicted octanol–water partition coefficient (Wildman–Crippen LogP) is 3.98. The van der Waals surface area contributed by atoms with Crippen LogP contribution in [0.4, 0.5) is 11.4 Å². The number of hydrogen-bond donors (Lipinski definition) is 2. The molecular weight excluding hydrogens is 311 g/mol. The number of benzene rings is 2. The molecule has 4 nitrogen and oxygen atoms in total. The fourth-order valence-corrected chi connectivity index (χ4v) is 2.12. The Labute approximate surface area is 132 Å². The van der Waals surface area contributed by atoms with Gasteiger partial charge in [0.25, 0.3) is 0 Å². The highest BCUT2D eigenvalue weighted by Gasteiger charge is 2.07. The van der Waals surface area contributed by atoms with Crippen LogP contribution in [0.5, 0.6) is 5.75 Å². The van der Waals surface area contributed by atoms with Gasteiger partial charge in [0, 0.05) is 5.02 Å². The van der Waals surface area contributed by atoms with E-state index < -0.39 is 0 Å². The minimum absolute atomic E-state index is 0.188. The summed E-state index contributed by atoms with van der Waals surface area (Å²) in [5, 5.41) is 3.60. The first-order valence-electron chi connectivity index (χ1n) is 6.28. The van der Waals surface area contributed by atoms with Crippen LogP contribution in [0.2, 0.25) is 10.0 Å². The highest BCUT2D eigenvalue weighted by molar-refractivity contribution is 6.36. The third-order valence-corrected chi connectivity index (χ3v) is 3.26. The fourth-order valence-electron chi connectivity index (χ4n) is 1.67. The molecule has 2 aromatic carbocycles. The molecule has 2 aromatic rings. The van der Waals surface area contributed by atoms with Crippen molar-refractivity contribution in [2.75, 3.05) is 17.7 Å². The van der Waals surface area contributed by atoms with Gasteiger partial charge in [0.2, 0.25) is 5.91 Å². The van der Waals surface area contributed by atoms with E-state index in [4.69, 9.17) is 33.7 Å². The van der Waals surface area contributed by atoms with E-state index in [0.29, 0.717) is 27.2 Å². The SMILES string of the molecule is Nc1ccccc1OCCC(=O)Nc1ccc(Cl)cc1Cl. The Kier molecular flexibility index (Phi) is 5.31. The maximum absolute atomic E-state index is 11.8. The van der Waals surface area contributed by atoms with Gasteiger partial charge in [-0.2, -0.15) is 0 Å². The summed E-state index contributed by atoms with van der Waals surface area (Å²) in [4.78, 5) is 11.8. The zero-order valence-electron chi connectivity index (χ0n) is 11.1. The Hall–Kier alpha value is -1.91. The van der Waals surface area contributed by atoms with Crippen molar-refractivity contribution < 1.29 is 9.53 Å². The molecule has 0 atom stereocenters. The maximum Gasteiger partial charge on any atom is 0.227 e. The van der Waals surface area contributed by atoms with Crippen LogP contribution in [-0.4, -0.2) is 12.5 Å². The predicted molar refractivity (Wildman–Crippen MR) is 86.1 cm³/mol. The summed E-state index contributed by atoms with van der Waals surface area (Å²) in [5.41, 5.74) is 6.80. The first-order chi connectivity index (χ1) is 10.1. The minimum Gasteiger partial charge on any atom is -0.491 e. The molecular formula is C15H14Cl2N2O2. The number of carbonyl (C=O) groups excluding carboxylic acids is 1. The molecule has 0 radical (unpaired) electrons. The summed E-state index contributed by atoms with van der Waals surface area (Å²) in [6, 6.07) is 12.0. The lowest BCUT2D eigenvalue weighted by Gasteiger charge is -2.10. The van der Waals surface area contributed by atoms with Crippen molar-refractivity contribution in [2.45, 2.75) is 6.42 Å². The van der Waals surface area contributed by atoms with Crippen molar-refractivity contribution in [3.05, 3.63) is 52.5 Å². The van der Waals surface area contributed by atoms with Crippen LogP contribution >= 0.6 is 23.2 Å². The number of para-hydroxylation sites is 2. The normalized spacial score (nSPS) is 10.2. The molecule has 3 N–H and O–H groups in total. The first kappa shape index (κ1) is 15.5. The average molecular weight is 325 g/mol. The Bertz CT molecular complexity index is 647. The summed E-state index contributed by atoms with van der Waals surface area (Å²) in [6.45, 7) is 0.227. The Balaban J connectivity index is 1.84. The largest absolute Gasteiger partial charge is 0.491 e. The standard InChI is InChI=1S/C15H14Cl2N2O2/c16-10-5-6-13(11(17)9-10)19-15(20)7-8-21-14-4-2-1-3-12(14)18/h1-6,9H,7-8,18H2,(H,19,20). The molecule has 0 saturated heterocycles. The summed E-state index contributed by atoms with van der Waals surface area (Å²) in [5.74, 6) is 0.364. The van der Waals surface area contributed by atoms with E-state index in [-0.39, 0.29) is 18.9 Å². The van der Waals surface area contributed by atoms with Gasteiger partial charge in [0.05, 0.1) is 29.4 Å². The highest BCUT2D eigenvalue weighted by atomic mass is 35.5. The van der Waals surface area contributed by atoms with Crippen LogP contribution < -0.4 is 15.8 Å². The number of ether oxygens (including phenoxy) is 1. The first-order valence-corrected chi connectivity index (χ1v) is 7.04. The second kappa shape index (κ2) is 7.20. The van der Waals surface area contributed by atoms with Gasteiger partial charge in [-0.05, 0) is 30.3 Å². The minimum atomic E-state index is -0.200. The van der Waals surface area contributed by atoms with Crippen molar-refractivity contribution >= 4 is 40.5 Å². The molecule has 0 bridgehead atoms. The molecule has 0 aliphatic carbocycles. The van der Waals surface area contributed by atoms with Gasteiger partial charge in [-0.25, -0.2) is 0 Å². The molecule has 0 heterocycles. The second-order valence-electron chi connectivity index (χ2n) is 4.31. The molecule has 1 amide bonds. The lowest BCUT2D eigenvalue weighted by molar-refractivity contribution is -0.116. The number of carbonyl (C=O) groups is 1. The number of anilines is 2. The van der Waals surface area contributed by atoms with Crippen LogP contribution in [0.3, 0.4) is 0 Å². The Morgan fingerprint density at radius 1 is 1.19 bits per heavy atom. The number of nitrogens with two attached hydrogens (primary N) is 1. The van der Waals surface area contributed by atoms with E-state index in [1.54, 1.807) is 30.3 Å². The molecule has 0 spiro atoms. The van der Waals surface area contributed by atoms with E-state index >= 15 is 0 Å². The summed E-state index contributed by atoms with van der Waals surface area (Å²) >= 11 is 11.8. The molecule has 6 heteroatoms. The molecule has 21 heavy (non-hydrogen) atoms. The Morgan fingerprint density at radius 3 is 2.67 bits per heavy atom. The van der Waals surface area contributed by atoms with E-state index in [1.165, 1.54) is 0 Å². The smallest absolute Gasteiger partial charge is 0.227 e. The number of hydrogen-bond acceptors (Lipinski definition) is 3. The summed E-state index contributed by atoms with van der Waals surface area (Å²) < 4.78 is 5.45. The summed E-state index contributed by atoms with van der Waals surface area (Å²) in [6.07, 6.45) is 0.188. The van der Waals surface area contributed by atoms with Gasteiger partial charge < -0.3 is 15.8 Å². The van der Waals surface area contributed by atoms with E-state index in [1.807, 2.05) is 12.1 Å².